The molecule has 154 valence electrons. The number of benzene rings is 1. The van der Waals surface area contributed by atoms with Gasteiger partial charge < -0.3 is 15.4 Å². The highest BCUT2D eigenvalue weighted by molar-refractivity contribution is 7.89. The quantitative estimate of drug-likeness (QED) is 0.612. The van der Waals surface area contributed by atoms with Gasteiger partial charge in [0.15, 0.2) is 6.10 Å². The Balaban J connectivity index is 1.88. The second-order valence-corrected chi connectivity index (χ2v) is 8.43. The van der Waals surface area contributed by atoms with Gasteiger partial charge in [-0.05, 0) is 44.0 Å². The standard InChI is InChI=1S/C18H25N3O6S/c1-13(27-17(23)9-10-19-14(2)22)18(24)20-15-5-7-16(8-6-15)28(25,26)21-11-3-4-12-21/h5-8,13H,3-4,9-12H2,1-2H3,(H,19,22)(H,20,24)/t13-/m0/s1. The van der Waals surface area contributed by atoms with E-state index in [1.165, 1.54) is 42.4 Å². The van der Waals surface area contributed by atoms with Gasteiger partial charge in [0.25, 0.3) is 5.91 Å². The Morgan fingerprint density at radius 2 is 1.75 bits per heavy atom. The van der Waals surface area contributed by atoms with Crippen molar-refractivity contribution in [2.24, 2.45) is 0 Å². The number of hydrogen-bond donors (Lipinski definition) is 2. The van der Waals surface area contributed by atoms with Crippen LogP contribution in [0.5, 0.6) is 0 Å². The van der Waals surface area contributed by atoms with Crippen molar-refractivity contribution in [3.8, 4) is 0 Å². The Hall–Kier alpha value is -2.46. The van der Waals surface area contributed by atoms with Crippen molar-refractivity contribution < 1.29 is 27.5 Å². The number of anilines is 1. The molecule has 0 radical (unpaired) electrons. The number of nitrogens with zero attached hydrogens (tertiary/aromatic N) is 1. The lowest BCUT2D eigenvalue weighted by molar-refractivity contribution is -0.153. The molecule has 28 heavy (non-hydrogen) atoms. The molecule has 0 bridgehead atoms. The van der Waals surface area contributed by atoms with Gasteiger partial charge in [-0.1, -0.05) is 0 Å². The van der Waals surface area contributed by atoms with Crippen LogP contribution in [0, 0.1) is 0 Å². The average Bonchev–Trinajstić information content (AvgIpc) is 3.17. The van der Waals surface area contributed by atoms with Crippen molar-refractivity contribution in [2.45, 2.75) is 44.1 Å². The number of nitrogens with one attached hydrogen (secondary N) is 2. The number of carbonyl (C=O) groups is 3. The summed E-state index contributed by atoms with van der Waals surface area (Å²) in [6.45, 7) is 3.94. The Kier molecular flexibility index (Phi) is 7.53. The van der Waals surface area contributed by atoms with E-state index in [0.717, 1.165) is 12.8 Å². The second-order valence-electron chi connectivity index (χ2n) is 6.49. The van der Waals surface area contributed by atoms with Crippen LogP contribution in [0.15, 0.2) is 29.2 Å². The summed E-state index contributed by atoms with van der Waals surface area (Å²) in [7, 11) is -3.51. The lowest BCUT2D eigenvalue weighted by Gasteiger charge is -2.16. The van der Waals surface area contributed by atoms with Crippen LogP contribution >= 0.6 is 0 Å². The molecule has 1 heterocycles. The first-order valence-electron chi connectivity index (χ1n) is 9.05. The van der Waals surface area contributed by atoms with Crippen molar-refractivity contribution in [3.63, 3.8) is 0 Å². The number of amides is 2. The van der Waals surface area contributed by atoms with Crippen LogP contribution in [0.2, 0.25) is 0 Å². The third-order valence-electron chi connectivity index (χ3n) is 4.21. The largest absolute Gasteiger partial charge is 0.452 e. The van der Waals surface area contributed by atoms with E-state index in [4.69, 9.17) is 4.74 Å². The molecule has 2 N–H and O–H groups in total. The molecule has 1 atom stereocenters. The maximum Gasteiger partial charge on any atom is 0.308 e. The van der Waals surface area contributed by atoms with Crippen LogP contribution in [-0.4, -0.2) is 56.2 Å². The van der Waals surface area contributed by atoms with Gasteiger partial charge in [0.1, 0.15) is 0 Å². The van der Waals surface area contributed by atoms with Gasteiger partial charge in [0, 0.05) is 32.2 Å². The van der Waals surface area contributed by atoms with Gasteiger partial charge in [0.05, 0.1) is 11.3 Å². The van der Waals surface area contributed by atoms with Crippen LogP contribution in [0.4, 0.5) is 5.69 Å². The monoisotopic (exact) mass is 411 g/mol. The number of hydrogen-bond acceptors (Lipinski definition) is 6. The number of esters is 1. The number of rotatable bonds is 8. The lowest BCUT2D eigenvalue weighted by atomic mass is 10.3. The van der Waals surface area contributed by atoms with Crippen molar-refractivity contribution in [1.29, 1.82) is 0 Å². The third-order valence-corrected chi connectivity index (χ3v) is 6.12. The SMILES string of the molecule is CC(=O)NCCC(=O)O[C@@H](C)C(=O)Nc1ccc(S(=O)(=O)N2CCCC2)cc1. The molecule has 1 aliphatic heterocycles. The number of sulfonamides is 1. The zero-order chi connectivity index (χ0) is 20.7. The molecule has 1 fully saturated rings. The van der Waals surface area contributed by atoms with Crippen molar-refractivity contribution in [1.82, 2.24) is 9.62 Å². The summed E-state index contributed by atoms with van der Waals surface area (Å²) in [5.41, 5.74) is 0.395. The highest BCUT2D eigenvalue weighted by Gasteiger charge is 2.27. The summed E-state index contributed by atoms with van der Waals surface area (Å²) in [6.07, 6.45) is 0.641. The fourth-order valence-electron chi connectivity index (χ4n) is 2.68. The smallest absolute Gasteiger partial charge is 0.308 e. The van der Waals surface area contributed by atoms with Crippen LogP contribution in [0.1, 0.15) is 33.1 Å². The average molecular weight is 411 g/mol. The highest BCUT2D eigenvalue weighted by Crippen LogP contribution is 2.22. The van der Waals surface area contributed by atoms with Crippen LogP contribution in [0.3, 0.4) is 0 Å². The number of carbonyl (C=O) groups excluding carboxylic acids is 3. The van der Waals surface area contributed by atoms with Gasteiger partial charge in [-0.15, -0.1) is 0 Å². The van der Waals surface area contributed by atoms with E-state index in [0.29, 0.717) is 18.8 Å². The van der Waals surface area contributed by atoms with E-state index in [1.807, 2.05) is 0 Å². The van der Waals surface area contributed by atoms with E-state index >= 15 is 0 Å². The van der Waals surface area contributed by atoms with Crippen molar-refractivity contribution >= 4 is 33.5 Å². The molecule has 1 aromatic rings. The molecule has 1 aromatic carbocycles. The normalized spacial score (nSPS) is 15.6. The molecule has 9 nitrogen and oxygen atoms in total. The molecule has 2 amide bonds. The first-order valence-corrected chi connectivity index (χ1v) is 10.5. The van der Waals surface area contributed by atoms with Gasteiger partial charge in [-0.2, -0.15) is 4.31 Å². The molecule has 0 spiro atoms. The second kappa shape index (κ2) is 9.65. The van der Waals surface area contributed by atoms with Crippen LogP contribution < -0.4 is 10.6 Å². The molecule has 1 saturated heterocycles. The third kappa shape index (κ3) is 6.03. The number of ether oxygens (including phenoxy) is 1. The van der Waals surface area contributed by atoms with Gasteiger partial charge in [-0.3, -0.25) is 14.4 Å². The summed E-state index contributed by atoms with van der Waals surface area (Å²) in [5.74, 6) is -1.40. The van der Waals surface area contributed by atoms with Gasteiger partial charge in [-0.25, -0.2) is 8.42 Å². The van der Waals surface area contributed by atoms with Crippen molar-refractivity contribution in [3.05, 3.63) is 24.3 Å². The minimum atomic E-state index is -3.51. The zero-order valence-electron chi connectivity index (χ0n) is 15.9. The predicted octanol–water partition coefficient (Wildman–Crippen LogP) is 0.868. The van der Waals surface area contributed by atoms with E-state index in [1.54, 1.807) is 0 Å². The summed E-state index contributed by atoms with van der Waals surface area (Å²) >= 11 is 0. The molecule has 0 unspecified atom stereocenters. The highest BCUT2D eigenvalue weighted by atomic mass is 32.2. The molecule has 0 aromatic heterocycles. The molecule has 0 aliphatic carbocycles. The fourth-order valence-corrected chi connectivity index (χ4v) is 4.20. The maximum absolute atomic E-state index is 12.5. The maximum atomic E-state index is 12.5. The van der Waals surface area contributed by atoms with Crippen LogP contribution in [-0.2, 0) is 29.1 Å². The Morgan fingerprint density at radius 1 is 1.14 bits per heavy atom. The topological polar surface area (TPSA) is 122 Å². The van der Waals surface area contributed by atoms with Gasteiger partial charge >= 0.3 is 5.97 Å². The minimum Gasteiger partial charge on any atom is -0.452 e. The van der Waals surface area contributed by atoms with E-state index in [2.05, 4.69) is 10.6 Å². The molecule has 0 saturated carbocycles. The summed E-state index contributed by atoms with van der Waals surface area (Å²) in [4.78, 5) is 34.7. The van der Waals surface area contributed by atoms with Crippen molar-refractivity contribution in [2.75, 3.05) is 25.0 Å². The lowest BCUT2D eigenvalue weighted by Crippen LogP contribution is -2.31. The fraction of sp³-hybridized carbons (Fsp3) is 0.500. The predicted molar refractivity (Wildman–Crippen MR) is 102 cm³/mol. The Bertz CT molecular complexity index is 816. The summed E-state index contributed by atoms with van der Waals surface area (Å²) in [6, 6.07) is 5.86. The van der Waals surface area contributed by atoms with E-state index < -0.39 is 28.0 Å². The Morgan fingerprint density at radius 3 is 2.32 bits per heavy atom. The first kappa shape index (κ1) is 21.8. The van der Waals surface area contributed by atoms with E-state index in [9.17, 15) is 22.8 Å². The van der Waals surface area contributed by atoms with E-state index in [-0.39, 0.29) is 23.8 Å². The van der Waals surface area contributed by atoms with Gasteiger partial charge in [0.2, 0.25) is 15.9 Å². The molecular weight excluding hydrogens is 386 g/mol. The Labute approximate surface area is 164 Å². The minimum absolute atomic E-state index is 0.0414. The first-order chi connectivity index (χ1) is 13.2. The summed E-state index contributed by atoms with van der Waals surface area (Å²) in [5, 5.41) is 5.04. The molecule has 10 heteroatoms. The molecular formula is C18H25N3O6S. The summed E-state index contributed by atoms with van der Waals surface area (Å²) < 4.78 is 31.4. The molecule has 2 rings (SSSR count). The zero-order valence-corrected chi connectivity index (χ0v) is 16.8. The van der Waals surface area contributed by atoms with Crippen LogP contribution in [0.25, 0.3) is 0 Å². The molecule has 1 aliphatic rings.